The van der Waals surface area contributed by atoms with Crippen molar-refractivity contribution >= 4 is 29.0 Å². The molecular weight excluding hydrogens is 547 g/mol. The van der Waals surface area contributed by atoms with E-state index in [2.05, 4.69) is 15.1 Å². The van der Waals surface area contributed by atoms with Crippen molar-refractivity contribution in [2.75, 3.05) is 4.90 Å². The second-order valence-electron chi connectivity index (χ2n) is 11.8. The molecule has 41 heavy (non-hydrogen) atoms. The smallest absolute Gasteiger partial charge is 0.425 e. The van der Waals surface area contributed by atoms with Gasteiger partial charge in [-0.2, -0.15) is 18.1 Å². The topological polar surface area (TPSA) is 129 Å². The van der Waals surface area contributed by atoms with Crippen molar-refractivity contribution in [2.45, 2.75) is 84.4 Å². The highest BCUT2D eigenvalue weighted by Crippen LogP contribution is 2.39. The van der Waals surface area contributed by atoms with Crippen LogP contribution in [0.15, 0.2) is 30.6 Å². The molecule has 222 valence electrons. The van der Waals surface area contributed by atoms with Crippen LogP contribution in [0.3, 0.4) is 0 Å². The average molecular weight is 580 g/mol. The van der Waals surface area contributed by atoms with Crippen LogP contribution in [0.1, 0.15) is 59.9 Å². The van der Waals surface area contributed by atoms with E-state index in [1.54, 1.807) is 41.5 Å². The van der Waals surface area contributed by atoms with Gasteiger partial charge >= 0.3 is 18.4 Å². The number of carbonyl (C=O) groups is 2. The van der Waals surface area contributed by atoms with Crippen LogP contribution in [-0.2, 0) is 22.2 Å². The first-order chi connectivity index (χ1) is 18.9. The van der Waals surface area contributed by atoms with Gasteiger partial charge in [-0.3, -0.25) is 0 Å². The van der Waals surface area contributed by atoms with Crippen molar-refractivity contribution in [3.8, 4) is 11.6 Å². The van der Waals surface area contributed by atoms with Gasteiger partial charge in [0.2, 0.25) is 0 Å². The third-order valence-electron chi connectivity index (χ3n) is 5.86. The van der Waals surface area contributed by atoms with Gasteiger partial charge in [-0.15, -0.1) is 5.10 Å². The number of alkyl halides is 3. The lowest BCUT2D eigenvalue weighted by Gasteiger charge is -2.31. The van der Waals surface area contributed by atoms with Gasteiger partial charge in [0.1, 0.15) is 28.7 Å². The van der Waals surface area contributed by atoms with Crippen LogP contribution in [0.25, 0.3) is 11.0 Å². The normalized spacial score (nSPS) is 17.6. The lowest BCUT2D eigenvalue weighted by atomic mass is 9.82. The molecule has 14 heteroatoms. The first-order valence-electron chi connectivity index (χ1n) is 12.9. The number of ether oxygens (including phenoxy) is 3. The predicted octanol–water partition coefficient (Wildman–Crippen LogP) is 6.08. The summed E-state index contributed by atoms with van der Waals surface area (Å²) < 4.78 is 58.3. The van der Waals surface area contributed by atoms with Crippen LogP contribution in [0.4, 0.5) is 28.6 Å². The highest BCUT2D eigenvalue weighted by molar-refractivity contribution is 6.14. The molecule has 0 saturated heterocycles. The summed E-state index contributed by atoms with van der Waals surface area (Å²) in [6, 6.07) is 4.19. The monoisotopic (exact) mass is 579 g/mol. The van der Waals surface area contributed by atoms with Gasteiger partial charge in [0.15, 0.2) is 11.5 Å². The third-order valence-corrected chi connectivity index (χ3v) is 5.86. The zero-order valence-corrected chi connectivity index (χ0v) is 23.5. The minimum atomic E-state index is -4.62. The Labute approximate surface area is 234 Å². The van der Waals surface area contributed by atoms with Crippen molar-refractivity contribution in [3.05, 3.63) is 36.2 Å². The zero-order valence-electron chi connectivity index (χ0n) is 23.5. The summed E-state index contributed by atoms with van der Waals surface area (Å²) in [7, 11) is 0. The third kappa shape index (κ3) is 7.23. The van der Waals surface area contributed by atoms with Crippen molar-refractivity contribution in [3.63, 3.8) is 0 Å². The van der Waals surface area contributed by atoms with Crippen LogP contribution < -0.4 is 9.64 Å². The van der Waals surface area contributed by atoms with Crippen molar-refractivity contribution < 1.29 is 42.1 Å². The molecule has 1 aromatic carbocycles. The van der Waals surface area contributed by atoms with E-state index in [-0.39, 0.29) is 40.9 Å². The van der Waals surface area contributed by atoms with E-state index in [4.69, 9.17) is 14.2 Å². The van der Waals surface area contributed by atoms with Crippen molar-refractivity contribution in [1.82, 2.24) is 19.7 Å². The maximum Gasteiger partial charge on any atom is 0.425 e. The molecule has 4 rings (SSSR count). The minimum absolute atomic E-state index is 0.0264. The summed E-state index contributed by atoms with van der Waals surface area (Å²) in [5.74, 6) is -0.686. The second-order valence-corrected chi connectivity index (χ2v) is 11.8. The van der Waals surface area contributed by atoms with Gasteiger partial charge in [-0.1, -0.05) is 6.07 Å². The molecule has 0 atom stereocenters. The Morgan fingerprint density at radius 1 is 1.02 bits per heavy atom. The molecule has 11 nitrogen and oxygen atoms in total. The second kappa shape index (κ2) is 10.8. The number of fused-ring (bicyclic) bond motifs is 1. The molecule has 3 aromatic rings. The number of aromatic nitrogens is 4. The summed E-state index contributed by atoms with van der Waals surface area (Å²) in [6.45, 7) is 9.96. The number of aliphatic hydroxyl groups is 1. The lowest BCUT2D eigenvalue weighted by molar-refractivity contribution is -0.137. The fourth-order valence-electron chi connectivity index (χ4n) is 4.13. The quantitative estimate of drug-likeness (QED) is 0.382. The van der Waals surface area contributed by atoms with E-state index < -0.39 is 41.2 Å². The standard InChI is InChI=1S/C27H32F3N5O6/c1-25(2,3)40-23(37)35(24(38)41-26(4,5)6)21-19-20(31-14-32-21)34(13-15-10-17(36)11-15)33-22(19)39-18-9-7-8-16(12-18)27(28,29)30/h7-9,12,14-15,17,36H,10-11,13H2,1-6H3. The largest absolute Gasteiger partial charge is 0.443 e. The predicted molar refractivity (Wildman–Crippen MR) is 141 cm³/mol. The van der Waals surface area contributed by atoms with E-state index in [0.717, 1.165) is 18.5 Å². The Kier molecular flexibility index (Phi) is 7.91. The maximum atomic E-state index is 13.4. The number of anilines is 1. The Bertz CT molecular complexity index is 1410. The van der Waals surface area contributed by atoms with Crippen LogP contribution in [0, 0.1) is 5.92 Å². The van der Waals surface area contributed by atoms with E-state index in [1.165, 1.54) is 16.8 Å². The van der Waals surface area contributed by atoms with E-state index in [9.17, 15) is 27.9 Å². The summed E-state index contributed by atoms with van der Waals surface area (Å²) in [4.78, 5) is 35.7. The first kappa shape index (κ1) is 30.0. The van der Waals surface area contributed by atoms with E-state index >= 15 is 0 Å². The average Bonchev–Trinajstić information content (AvgIpc) is 3.13. The number of imide groups is 1. The molecule has 0 unspecified atom stereocenters. The van der Waals surface area contributed by atoms with Gasteiger partial charge in [0.05, 0.1) is 11.7 Å². The molecule has 1 saturated carbocycles. The maximum absolute atomic E-state index is 13.4. The molecule has 1 N–H and O–H groups in total. The number of benzene rings is 1. The van der Waals surface area contributed by atoms with Gasteiger partial charge in [0.25, 0.3) is 5.88 Å². The lowest BCUT2D eigenvalue weighted by Crippen LogP contribution is -2.44. The van der Waals surface area contributed by atoms with Crippen LogP contribution in [0.2, 0.25) is 0 Å². The first-order valence-corrected chi connectivity index (χ1v) is 12.9. The highest BCUT2D eigenvalue weighted by Gasteiger charge is 2.38. The molecular formula is C27H32F3N5O6. The fourth-order valence-corrected chi connectivity index (χ4v) is 4.13. The number of halogens is 3. The molecule has 0 radical (unpaired) electrons. The van der Waals surface area contributed by atoms with Crippen LogP contribution in [0.5, 0.6) is 11.6 Å². The molecule has 1 aliphatic carbocycles. The van der Waals surface area contributed by atoms with Crippen molar-refractivity contribution in [2.24, 2.45) is 5.92 Å². The number of carbonyl (C=O) groups excluding carboxylic acids is 2. The Balaban J connectivity index is 1.87. The zero-order chi connectivity index (χ0) is 30.3. The van der Waals surface area contributed by atoms with Crippen molar-refractivity contribution in [1.29, 1.82) is 0 Å². The SMILES string of the molecule is CC(C)(C)OC(=O)N(C(=O)OC(C)(C)C)c1ncnc2c1c(Oc1cccc(C(F)(F)F)c1)nn2CC1CC(O)C1. The van der Waals surface area contributed by atoms with Gasteiger partial charge in [0, 0.05) is 6.54 Å². The van der Waals surface area contributed by atoms with Gasteiger partial charge < -0.3 is 19.3 Å². The number of amides is 2. The fraction of sp³-hybridized carbons (Fsp3) is 0.519. The molecule has 0 spiro atoms. The number of aliphatic hydroxyl groups excluding tert-OH is 1. The Morgan fingerprint density at radius 2 is 1.63 bits per heavy atom. The summed E-state index contributed by atoms with van der Waals surface area (Å²) in [5.41, 5.74) is -2.80. The summed E-state index contributed by atoms with van der Waals surface area (Å²) >= 11 is 0. The Morgan fingerprint density at radius 3 is 2.17 bits per heavy atom. The minimum Gasteiger partial charge on any atom is -0.443 e. The molecule has 0 aliphatic heterocycles. The number of hydrogen-bond acceptors (Lipinski definition) is 9. The van der Waals surface area contributed by atoms with Gasteiger partial charge in [-0.05, 0) is 78.5 Å². The number of hydrogen-bond donors (Lipinski definition) is 1. The van der Waals surface area contributed by atoms with Gasteiger partial charge in [-0.25, -0.2) is 24.2 Å². The molecule has 0 bridgehead atoms. The molecule has 2 heterocycles. The number of rotatable bonds is 5. The molecule has 1 aliphatic rings. The summed E-state index contributed by atoms with van der Waals surface area (Å²) in [6.07, 6.45) is -5.12. The van der Waals surface area contributed by atoms with E-state index in [1.807, 2.05) is 0 Å². The van der Waals surface area contributed by atoms with Crippen LogP contribution >= 0.6 is 0 Å². The molecule has 1 fully saturated rings. The molecule has 2 amide bonds. The molecule has 2 aromatic heterocycles. The Hall–Kier alpha value is -3.94. The number of nitrogens with zero attached hydrogens (tertiary/aromatic N) is 5. The van der Waals surface area contributed by atoms with E-state index in [0.29, 0.717) is 17.7 Å². The van der Waals surface area contributed by atoms with Crippen LogP contribution in [-0.4, -0.2) is 54.3 Å². The summed E-state index contributed by atoms with van der Waals surface area (Å²) in [5, 5.41) is 14.2. The highest BCUT2D eigenvalue weighted by atomic mass is 19.4.